The molecular formula is C12H13FN2O. The monoisotopic (exact) mass is 220 g/mol. The van der Waals surface area contributed by atoms with Crippen LogP contribution in [0.3, 0.4) is 0 Å². The van der Waals surface area contributed by atoms with E-state index in [2.05, 4.69) is 17.1 Å². The van der Waals surface area contributed by atoms with Gasteiger partial charge in [0.2, 0.25) is 5.91 Å². The molecule has 16 heavy (non-hydrogen) atoms. The van der Waals surface area contributed by atoms with E-state index in [1.165, 1.54) is 12.1 Å². The van der Waals surface area contributed by atoms with Crippen molar-refractivity contribution in [3.05, 3.63) is 24.0 Å². The Labute approximate surface area is 93.2 Å². The fourth-order valence-corrected chi connectivity index (χ4v) is 2.68. The minimum Gasteiger partial charge on any atom is -0.358 e. The molecule has 2 aliphatic heterocycles. The van der Waals surface area contributed by atoms with E-state index in [1.807, 2.05) is 0 Å². The van der Waals surface area contributed by atoms with E-state index in [-0.39, 0.29) is 17.8 Å². The summed E-state index contributed by atoms with van der Waals surface area (Å²) in [5.74, 6) is 0.0334. The Hall–Kier alpha value is -1.58. The second kappa shape index (κ2) is 3.20. The Kier molecular flexibility index (Phi) is 1.93. The van der Waals surface area contributed by atoms with E-state index in [4.69, 9.17) is 0 Å². The molecule has 1 fully saturated rings. The van der Waals surface area contributed by atoms with Gasteiger partial charge in [-0.1, -0.05) is 6.92 Å². The number of anilines is 2. The number of carbonyl (C=O) groups is 1. The Morgan fingerprint density at radius 3 is 3.12 bits per heavy atom. The molecule has 0 aromatic heterocycles. The molecule has 2 unspecified atom stereocenters. The maximum absolute atomic E-state index is 13.1. The van der Waals surface area contributed by atoms with Gasteiger partial charge in [-0.15, -0.1) is 0 Å². The van der Waals surface area contributed by atoms with Crippen molar-refractivity contribution in [1.29, 1.82) is 0 Å². The SMILES string of the molecule is CC1CCN2c3ccc(F)cc3NC(=O)C12. The first kappa shape index (κ1) is 9.63. The summed E-state index contributed by atoms with van der Waals surface area (Å²) in [4.78, 5) is 14.0. The van der Waals surface area contributed by atoms with Crippen molar-refractivity contribution >= 4 is 17.3 Å². The van der Waals surface area contributed by atoms with Crippen molar-refractivity contribution in [3.63, 3.8) is 0 Å². The molecule has 2 aliphatic rings. The number of nitrogens with zero attached hydrogens (tertiary/aromatic N) is 1. The molecule has 2 atom stereocenters. The Morgan fingerprint density at radius 2 is 2.31 bits per heavy atom. The van der Waals surface area contributed by atoms with Crippen LogP contribution in [-0.4, -0.2) is 18.5 Å². The third-order valence-electron chi connectivity index (χ3n) is 3.49. The second-order valence-electron chi connectivity index (χ2n) is 4.55. The van der Waals surface area contributed by atoms with E-state index in [0.717, 1.165) is 18.7 Å². The van der Waals surface area contributed by atoms with Crippen LogP contribution in [0.2, 0.25) is 0 Å². The van der Waals surface area contributed by atoms with Gasteiger partial charge >= 0.3 is 0 Å². The molecule has 84 valence electrons. The third-order valence-corrected chi connectivity index (χ3v) is 3.49. The minimum atomic E-state index is -0.315. The van der Waals surface area contributed by atoms with Crippen LogP contribution in [0, 0.1) is 11.7 Å². The molecule has 0 aliphatic carbocycles. The molecule has 0 spiro atoms. The molecule has 0 bridgehead atoms. The molecule has 1 aromatic carbocycles. The van der Waals surface area contributed by atoms with Gasteiger partial charge in [0.05, 0.1) is 11.4 Å². The Bertz CT molecular complexity index is 460. The maximum Gasteiger partial charge on any atom is 0.247 e. The van der Waals surface area contributed by atoms with Gasteiger partial charge in [-0.25, -0.2) is 4.39 Å². The lowest BCUT2D eigenvalue weighted by Crippen LogP contribution is -2.46. The van der Waals surface area contributed by atoms with Crippen LogP contribution in [0.15, 0.2) is 18.2 Å². The number of nitrogens with one attached hydrogen (secondary N) is 1. The third kappa shape index (κ3) is 1.22. The molecule has 1 saturated heterocycles. The van der Waals surface area contributed by atoms with Gasteiger partial charge in [0.1, 0.15) is 11.9 Å². The van der Waals surface area contributed by atoms with E-state index in [1.54, 1.807) is 6.07 Å². The predicted octanol–water partition coefficient (Wildman–Crippen LogP) is 1.99. The number of benzene rings is 1. The van der Waals surface area contributed by atoms with Gasteiger partial charge in [-0.3, -0.25) is 4.79 Å². The number of amides is 1. The zero-order valence-corrected chi connectivity index (χ0v) is 9.03. The highest BCUT2D eigenvalue weighted by molar-refractivity contribution is 6.04. The van der Waals surface area contributed by atoms with Crippen LogP contribution in [0.4, 0.5) is 15.8 Å². The summed E-state index contributed by atoms with van der Waals surface area (Å²) < 4.78 is 13.1. The number of fused-ring (bicyclic) bond motifs is 3. The number of halogens is 1. The molecule has 1 N–H and O–H groups in total. The van der Waals surface area contributed by atoms with Crippen LogP contribution in [0.5, 0.6) is 0 Å². The van der Waals surface area contributed by atoms with Crippen molar-refractivity contribution in [3.8, 4) is 0 Å². The Morgan fingerprint density at radius 1 is 1.50 bits per heavy atom. The highest BCUT2D eigenvalue weighted by Crippen LogP contribution is 2.38. The van der Waals surface area contributed by atoms with Gasteiger partial charge in [0.25, 0.3) is 0 Å². The quantitative estimate of drug-likeness (QED) is 0.725. The van der Waals surface area contributed by atoms with Gasteiger partial charge in [-0.2, -0.15) is 0 Å². The minimum absolute atomic E-state index is 0.0110. The maximum atomic E-state index is 13.1. The van der Waals surface area contributed by atoms with Crippen molar-refractivity contribution in [1.82, 2.24) is 0 Å². The first-order valence-corrected chi connectivity index (χ1v) is 5.54. The molecule has 1 aromatic rings. The number of rotatable bonds is 0. The molecule has 4 heteroatoms. The average molecular weight is 220 g/mol. The van der Waals surface area contributed by atoms with Crippen molar-refractivity contribution in [2.45, 2.75) is 19.4 Å². The van der Waals surface area contributed by atoms with E-state index in [0.29, 0.717) is 11.6 Å². The van der Waals surface area contributed by atoms with E-state index in [9.17, 15) is 9.18 Å². The molecule has 1 amide bonds. The number of hydrogen-bond donors (Lipinski definition) is 1. The standard InChI is InChI=1S/C12H13FN2O/c1-7-4-5-15-10-3-2-8(13)6-9(10)14-12(16)11(7)15/h2-3,6-7,11H,4-5H2,1H3,(H,14,16). The summed E-state index contributed by atoms with van der Waals surface area (Å²) >= 11 is 0. The molecular weight excluding hydrogens is 207 g/mol. The lowest BCUT2D eigenvalue weighted by Gasteiger charge is -2.34. The zero-order chi connectivity index (χ0) is 11.3. The summed E-state index contributed by atoms with van der Waals surface area (Å²) in [6.07, 6.45) is 1.01. The lowest BCUT2D eigenvalue weighted by molar-refractivity contribution is -0.118. The molecule has 0 saturated carbocycles. The Balaban J connectivity index is 2.09. The summed E-state index contributed by atoms with van der Waals surface area (Å²) in [6, 6.07) is 4.48. The zero-order valence-electron chi connectivity index (χ0n) is 9.03. The van der Waals surface area contributed by atoms with Gasteiger partial charge in [-0.05, 0) is 30.5 Å². The first-order chi connectivity index (χ1) is 7.66. The summed E-state index contributed by atoms with van der Waals surface area (Å²) in [5, 5.41) is 2.78. The van der Waals surface area contributed by atoms with Crippen molar-refractivity contribution in [2.24, 2.45) is 5.92 Å². The normalized spacial score (nSPS) is 27.4. The van der Waals surface area contributed by atoms with Crippen LogP contribution < -0.4 is 10.2 Å². The van der Waals surface area contributed by atoms with Crippen LogP contribution >= 0.6 is 0 Å². The summed E-state index contributed by atoms with van der Waals surface area (Å²) in [6.45, 7) is 2.96. The summed E-state index contributed by atoms with van der Waals surface area (Å²) in [7, 11) is 0. The first-order valence-electron chi connectivity index (χ1n) is 5.54. The summed E-state index contributed by atoms with van der Waals surface area (Å²) in [5.41, 5.74) is 1.53. The van der Waals surface area contributed by atoms with Crippen molar-refractivity contribution in [2.75, 3.05) is 16.8 Å². The number of carbonyl (C=O) groups excluding carboxylic acids is 1. The van der Waals surface area contributed by atoms with E-state index < -0.39 is 0 Å². The van der Waals surface area contributed by atoms with Crippen LogP contribution in [-0.2, 0) is 4.79 Å². The molecule has 3 nitrogen and oxygen atoms in total. The smallest absolute Gasteiger partial charge is 0.247 e. The molecule has 2 heterocycles. The molecule has 3 rings (SSSR count). The van der Waals surface area contributed by atoms with Gasteiger partial charge in [0, 0.05) is 6.54 Å². The average Bonchev–Trinajstić information content (AvgIpc) is 2.61. The fourth-order valence-electron chi connectivity index (χ4n) is 2.68. The topological polar surface area (TPSA) is 32.3 Å². The highest BCUT2D eigenvalue weighted by atomic mass is 19.1. The fraction of sp³-hybridized carbons (Fsp3) is 0.417. The lowest BCUT2D eigenvalue weighted by atomic mass is 10.00. The highest BCUT2D eigenvalue weighted by Gasteiger charge is 2.40. The largest absolute Gasteiger partial charge is 0.358 e. The predicted molar refractivity (Wildman–Crippen MR) is 59.9 cm³/mol. The second-order valence-corrected chi connectivity index (χ2v) is 4.55. The van der Waals surface area contributed by atoms with E-state index >= 15 is 0 Å². The van der Waals surface area contributed by atoms with Crippen LogP contribution in [0.1, 0.15) is 13.3 Å². The van der Waals surface area contributed by atoms with Crippen molar-refractivity contribution < 1.29 is 9.18 Å². The number of hydrogen-bond acceptors (Lipinski definition) is 2. The van der Waals surface area contributed by atoms with Gasteiger partial charge < -0.3 is 10.2 Å². The van der Waals surface area contributed by atoms with Crippen LogP contribution in [0.25, 0.3) is 0 Å². The molecule has 0 radical (unpaired) electrons. The van der Waals surface area contributed by atoms with Gasteiger partial charge in [0.15, 0.2) is 0 Å².